The summed E-state index contributed by atoms with van der Waals surface area (Å²) in [5.41, 5.74) is 1.81. The molecular formula is C21H30N2O4. The highest BCUT2D eigenvalue weighted by molar-refractivity contribution is 5.99. The number of rotatable bonds is 1. The molecule has 0 radical (unpaired) electrons. The SMILES string of the molecule is CC(=O)OC1CCC2(C)C(=CC(=NO)C3C4CCC(=O)NC4(C)CCC32)C1. The van der Waals surface area contributed by atoms with Crippen LogP contribution in [0, 0.1) is 23.2 Å². The number of nitrogens with one attached hydrogen (secondary N) is 1. The molecule has 2 N–H and O–H groups in total. The Kier molecular flexibility index (Phi) is 4.35. The zero-order valence-corrected chi connectivity index (χ0v) is 16.5. The quantitative estimate of drug-likeness (QED) is 0.419. The molecule has 0 aromatic heterocycles. The van der Waals surface area contributed by atoms with Crippen LogP contribution >= 0.6 is 0 Å². The van der Waals surface area contributed by atoms with E-state index >= 15 is 0 Å². The van der Waals surface area contributed by atoms with Gasteiger partial charge in [0.25, 0.3) is 0 Å². The van der Waals surface area contributed by atoms with Crippen molar-refractivity contribution < 1.29 is 19.5 Å². The van der Waals surface area contributed by atoms with Crippen molar-refractivity contribution >= 4 is 17.6 Å². The van der Waals surface area contributed by atoms with Gasteiger partial charge in [-0.1, -0.05) is 17.7 Å². The predicted octanol–water partition coefficient (Wildman–Crippen LogP) is 3.19. The zero-order valence-electron chi connectivity index (χ0n) is 16.5. The summed E-state index contributed by atoms with van der Waals surface area (Å²) < 4.78 is 5.47. The molecule has 0 aromatic rings. The number of ether oxygens (including phenoxy) is 1. The fourth-order valence-electron chi connectivity index (χ4n) is 6.50. The summed E-state index contributed by atoms with van der Waals surface area (Å²) in [7, 11) is 0. The van der Waals surface area contributed by atoms with Gasteiger partial charge in [-0.15, -0.1) is 0 Å². The minimum Gasteiger partial charge on any atom is -0.462 e. The number of oxime groups is 1. The lowest BCUT2D eigenvalue weighted by molar-refractivity contribution is -0.148. The van der Waals surface area contributed by atoms with Gasteiger partial charge in [0.15, 0.2) is 0 Å². The van der Waals surface area contributed by atoms with Gasteiger partial charge in [-0.3, -0.25) is 9.59 Å². The molecular weight excluding hydrogens is 344 g/mol. The summed E-state index contributed by atoms with van der Waals surface area (Å²) in [4.78, 5) is 23.4. The molecule has 6 unspecified atom stereocenters. The molecule has 6 atom stereocenters. The molecule has 4 aliphatic rings. The van der Waals surface area contributed by atoms with Crippen LogP contribution in [0.3, 0.4) is 0 Å². The fourth-order valence-corrected chi connectivity index (χ4v) is 6.50. The first-order valence-corrected chi connectivity index (χ1v) is 10.2. The topological polar surface area (TPSA) is 88.0 Å². The third kappa shape index (κ3) is 2.88. The number of hydrogen-bond acceptors (Lipinski definition) is 5. The Hall–Kier alpha value is -1.85. The van der Waals surface area contributed by atoms with E-state index in [4.69, 9.17) is 4.74 Å². The van der Waals surface area contributed by atoms with Crippen LogP contribution < -0.4 is 5.32 Å². The Bertz CT molecular complexity index is 730. The number of nitrogens with zero attached hydrogens (tertiary/aromatic N) is 1. The van der Waals surface area contributed by atoms with Gasteiger partial charge >= 0.3 is 5.97 Å². The number of allylic oxidation sites excluding steroid dienone is 1. The molecule has 4 rings (SSSR count). The van der Waals surface area contributed by atoms with Crippen LogP contribution in [-0.4, -0.2) is 34.4 Å². The summed E-state index contributed by atoms with van der Waals surface area (Å²) in [5.74, 6) is 0.749. The lowest BCUT2D eigenvalue weighted by atomic mass is 9.47. The molecule has 1 saturated heterocycles. The Morgan fingerprint density at radius 3 is 2.74 bits per heavy atom. The highest BCUT2D eigenvalue weighted by Gasteiger charge is 2.58. The first kappa shape index (κ1) is 18.5. The van der Waals surface area contributed by atoms with Crippen molar-refractivity contribution in [1.29, 1.82) is 0 Å². The van der Waals surface area contributed by atoms with E-state index in [1.54, 1.807) is 0 Å². The van der Waals surface area contributed by atoms with Gasteiger partial charge in [-0.2, -0.15) is 0 Å². The maximum Gasteiger partial charge on any atom is 0.302 e. The van der Waals surface area contributed by atoms with Crippen LogP contribution in [0.5, 0.6) is 0 Å². The van der Waals surface area contributed by atoms with Crippen LogP contribution in [0.15, 0.2) is 16.8 Å². The van der Waals surface area contributed by atoms with Gasteiger partial charge in [-0.25, -0.2) is 0 Å². The summed E-state index contributed by atoms with van der Waals surface area (Å²) in [5, 5.41) is 16.7. The first-order valence-electron chi connectivity index (χ1n) is 10.2. The van der Waals surface area contributed by atoms with Gasteiger partial charge in [0.2, 0.25) is 5.91 Å². The predicted molar refractivity (Wildman–Crippen MR) is 100 cm³/mol. The molecule has 2 saturated carbocycles. The average Bonchev–Trinajstić information content (AvgIpc) is 2.60. The van der Waals surface area contributed by atoms with Crippen molar-refractivity contribution in [2.45, 2.75) is 77.4 Å². The first-order chi connectivity index (χ1) is 12.8. The number of carbonyl (C=O) groups is 2. The van der Waals surface area contributed by atoms with Crippen molar-refractivity contribution in [2.24, 2.45) is 28.3 Å². The molecule has 148 valence electrons. The molecule has 1 amide bonds. The second kappa shape index (κ2) is 6.35. The van der Waals surface area contributed by atoms with Crippen LogP contribution in [0.2, 0.25) is 0 Å². The fraction of sp³-hybridized carbons (Fsp3) is 0.762. The minimum absolute atomic E-state index is 0.0400. The molecule has 3 aliphatic carbocycles. The lowest BCUT2D eigenvalue weighted by Crippen LogP contribution is -2.64. The molecule has 0 spiro atoms. The maximum atomic E-state index is 12.0. The van der Waals surface area contributed by atoms with E-state index in [0.29, 0.717) is 18.3 Å². The maximum absolute atomic E-state index is 12.0. The minimum atomic E-state index is -0.236. The zero-order chi connectivity index (χ0) is 19.4. The Labute approximate surface area is 160 Å². The van der Waals surface area contributed by atoms with Crippen LogP contribution in [-0.2, 0) is 14.3 Å². The van der Waals surface area contributed by atoms with Gasteiger partial charge in [-0.05, 0) is 62.4 Å². The van der Waals surface area contributed by atoms with Crippen LogP contribution in [0.4, 0.5) is 0 Å². The van der Waals surface area contributed by atoms with E-state index in [2.05, 4.69) is 30.4 Å². The number of fused-ring (bicyclic) bond motifs is 5. The molecule has 27 heavy (non-hydrogen) atoms. The highest BCUT2D eigenvalue weighted by atomic mass is 16.5. The van der Waals surface area contributed by atoms with Crippen molar-refractivity contribution in [3.63, 3.8) is 0 Å². The summed E-state index contributed by atoms with van der Waals surface area (Å²) >= 11 is 0. The number of carbonyl (C=O) groups excluding carboxylic acids is 2. The Morgan fingerprint density at radius 2 is 2.04 bits per heavy atom. The smallest absolute Gasteiger partial charge is 0.302 e. The molecule has 1 heterocycles. The van der Waals surface area contributed by atoms with Crippen LogP contribution in [0.25, 0.3) is 0 Å². The van der Waals surface area contributed by atoms with Gasteiger partial charge in [0, 0.05) is 31.2 Å². The average molecular weight is 374 g/mol. The Morgan fingerprint density at radius 1 is 1.26 bits per heavy atom. The monoisotopic (exact) mass is 374 g/mol. The highest BCUT2D eigenvalue weighted by Crippen LogP contribution is 2.60. The van der Waals surface area contributed by atoms with E-state index in [1.165, 1.54) is 12.5 Å². The van der Waals surface area contributed by atoms with E-state index < -0.39 is 0 Å². The third-order valence-corrected chi connectivity index (χ3v) is 7.86. The van der Waals surface area contributed by atoms with E-state index in [1.807, 2.05) is 0 Å². The molecule has 3 fully saturated rings. The Balaban J connectivity index is 1.69. The number of esters is 1. The van der Waals surface area contributed by atoms with Crippen molar-refractivity contribution in [3.05, 3.63) is 11.6 Å². The van der Waals surface area contributed by atoms with Crippen molar-refractivity contribution in [3.8, 4) is 0 Å². The molecule has 0 bridgehead atoms. The number of amides is 1. The third-order valence-electron chi connectivity index (χ3n) is 7.86. The van der Waals surface area contributed by atoms with E-state index in [0.717, 1.165) is 44.2 Å². The second-order valence-electron chi connectivity index (χ2n) is 9.37. The summed E-state index contributed by atoms with van der Waals surface area (Å²) in [6.07, 6.45) is 7.90. The molecule has 0 aromatic carbocycles. The standard InChI is InChI=1S/C21H30N2O4/c1-12(24)27-14-6-8-20(2)13(10-14)11-17(23-26)19-15(20)7-9-21(3)16(19)4-5-18(25)22-21/h11,14-16,19,26H,4-10H2,1-3H3,(H,22,25). The van der Waals surface area contributed by atoms with E-state index in [9.17, 15) is 14.8 Å². The van der Waals surface area contributed by atoms with Crippen molar-refractivity contribution in [1.82, 2.24) is 5.32 Å². The largest absolute Gasteiger partial charge is 0.462 e. The van der Waals surface area contributed by atoms with Crippen molar-refractivity contribution in [2.75, 3.05) is 0 Å². The molecule has 6 heteroatoms. The van der Waals surface area contributed by atoms with Gasteiger partial charge < -0.3 is 15.3 Å². The van der Waals surface area contributed by atoms with E-state index in [-0.39, 0.29) is 34.9 Å². The summed E-state index contributed by atoms with van der Waals surface area (Å²) in [6, 6.07) is 0. The molecule has 1 aliphatic heterocycles. The van der Waals surface area contributed by atoms with Gasteiger partial charge in [0.05, 0.1) is 5.71 Å². The molecule has 6 nitrogen and oxygen atoms in total. The number of hydrogen-bond donors (Lipinski definition) is 2. The normalized spacial score (nSPS) is 45.1. The number of piperidine rings is 1. The van der Waals surface area contributed by atoms with Gasteiger partial charge in [0.1, 0.15) is 6.10 Å². The second-order valence-corrected chi connectivity index (χ2v) is 9.37. The lowest BCUT2D eigenvalue weighted by Gasteiger charge is -2.59. The summed E-state index contributed by atoms with van der Waals surface area (Å²) in [6.45, 7) is 5.94. The van der Waals surface area contributed by atoms with Crippen LogP contribution in [0.1, 0.15) is 65.7 Å².